The molecule has 2 saturated heterocycles. The van der Waals surface area contributed by atoms with Gasteiger partial charge in [0.15, 0.2) is 0 Å². The van der Waals surface area contributed by atoms with E-state index in [0.717, 1.165) is 25.3 Å². The van der Waals surface area contributed by atoms with Crippen LogP contribution in [0.15, 0.2) is 24.3 Å². The molecule has 2 fully saturated rings. The van der Waals surface area contributed by atoms with Crippen LogP contribution in [0.1, 0.15) is 45.4 Å². The molecular formula is C21H30ClN3O2. The number of piperazine rings is 1. The van der Waals surface area contributed by atoms with E-state index < -0.39 is 0 Å². The van der Waals surface area contributed by atoms with Gasteiger partial charge >= 0.3 is 0 Å². The van der Waals surface area contributed by atoms with E-state index in [0.29, 0.717) is 18.0 Å². The van der Waals surface area contributed by atoms with Crippen molar-refractivity contribution in [2.75, 3.05) is 37.6 Å². The monoisotopic (exact) mass is 391 g/mol. The Labute approximate surface area is 167 Å². The number of hydrogen-bond donors (Lipinski definition) is 0. The fraction of sp³-hybridized carbons (Fsp3) is 0.619. The molecule has 1 aromatic rings. The summed E-state index contributed by atoms with van der Waals surface area (Å²) in [4.78, 5) is 31.3. The first-order valence-corrected chi connectivity index (χ1v) is 10.5. The van der Waals surface area contributed by atoms with Gasteiger partial charge in [0.2, 0.25) is 11.8 Å². The van der Waals surface area contributed by atoms with Crippen molar-refractivity contribution >= 4 is 29.1 Å². The Morgan fingerprint density at radius 1 is 1.07 bits per heavy atom. The van der Waals surface area contributed by atoms with Crippen molar-refractivity contribution in [1.82, 2.24) is 9.80 Å². The molecule has 1 atom stereocenters. The van der Waals surface area contributed by atoms with Gasteiger partial charge in [0, 0.05) is 36.3 Å². The van der Waals surface area contributed by atoms with Crippen LogP contribution in [-0.2, 0) is 9.59 Å². The van der Waals surface area contributed by atoms with Gasteiger partial charge in [-0.05, 0) is 57.1 Å². The van der Waals surface area contributed by atoms with E-state index in [4.69, 9.17) is 11.6 Å². The normalized spacial score (nSPS) is 22.4. The molecule has 0 N–H and O–H groups in total. The fourth-order valence-electron chi connectivity index (χ4n) is 3.99. The molecule has 27 heavy (non-hydrogen) atoms. The number of benzene rings is 1. The molecule has 1 aromatic carbocycles. The lowest BCUT2D eigenvalue weighted by Crippen LogP contribution is -2.57. The minimum atomic E-state index is -0.0324. The van der Waals surface area contributed by atoms with Crippen molar-refractivity contribution in [3.05, 3.63) is 29.3 Å². The zero-order valence-corrected chi connectivity index (χ0v) is 17.0. The topological polar surface area (TPSA) is 43.9 Å². The van der Waals surface area contributed by atoms with Gasteiger partial charge in [-0.25, -0.2) is 0 Å². The quantitative estimate of drug-likeness (QED) is 0.788. The standard InChI is InChI=1S/C21H30ClN3O2/c1-17-15-25(19-9-7-18(22)8-10-19)21(27)16-24(17)20(26)11-14-23-12-5-3-2-4-6-13-23/h7-10,17H,2-6,11-16H2,1H3/t17-/m1/s1. The SMILES string of the molecule is C[C@@H]1CN(c2ccc(Cl)cc2)C(=O)CN1C(=O)CCN1CCCCCCC1. The highest BCUT2D eigenvalue weighted by atomic mass is 35.5. The largest absolute Gasteiger partial charge is 0.329 e. The molecule has 3 rings (SSSR count). The maximum Gasteiger partial charge on any atom is 0.246 e. The first-order chi connectivity index (χ1) is 13.0. The molecule has 2 aliphatic rings. The van der Waals surface area contributed by atoms with Gasteiger partial charge in [-0.3, -0.25) is 9.59 Å². The van der Waals surface area contributed by atoms with Crippen LogP contribution in [0.3, 0.4) is 0 Å². The number of nitrogens with zero attached hydrogens (tertiary/aromatic N) is 3. The number of halogens is 1. The molecule has 148 valence electrons. The highest BCUT2D eigenvalue weighted by Gasteiger charge is 2.33. The highest BCUT2D eigenvalue weighted by molar-refractivity contribution is 6.30. The minimum absolute atomic E-state index is 0.0122. The maximum absolute atomic E-state index is 12.7. The lowest BCUT2D eigenvalue weighted by Gasteiger charge is -2.39. The predicted molar refractivity (Wildman–Crippen MR) is 109 cm³/mol. The summed E-state index contributed by atoms with van der Waals surface area (Å²) in [7, 11) is 0. The van der Waals surface area contributed by atoms with Crippen molar-refractivity contribution in [3.63, 3.8) is 0 Å². The third kappa shape index (κ3) is 5.45. The van der Waals surface area contributed by atoms with Crippen LogP contribution < -0.4 is 4.90 Å². The van der Waals surface area contributed by atoms with E-state index >= 15 is 0 Å². The average Bonchev–Trinajstić information content (AvgIpc) is 2.63. The molecule has 0 unspecified atom stereocenters. The Bertz CT molecular complexity index is 641. The summed E-state index contributed by atoms with van der Waals surface area (Å²) in [5, 5.41) is 0.650. The summed E-state index contributed by atoms with van der Waals surface area (Å²) < 4.78 is 0. The molecule has 0 saturated carbocycles. The van der Waals surface area contributed by atoms with Crippen molar-refractivity contribution in [3.8, 4) is 0 Å². The summed E-state index contributed by atoms with van der Waals surface area (Å²) in [6, 6.07) is 7.29. The van der Waals surface area contributed by atoms with E-state index in [2.05, 4.69) is 4.90 Å². The van der Waals surface area contributed by atoms with E-state index in [-0.39, 0.29) is 24.4 Å². The van der Waals surface area contributed by atoms with E-state index in [1.54, 1.807) is 21.9 Å². The predicted octanol–water partition coefficient (Wildman–Crippen LogP) is 3.56. The minimum Gasteiger partial charge on any atom is -0.329 e. The van der Waals surface area contributed by atoms with Crippen LogP contribution in [0, 0.1) is 0 Å². The molecule has 5 nitrogen and oxygen atoms in total. The third-order valence-corrected chi connectivity index (χ3v) is 5.89. The summed E-state index contributed by atoms with van der Waals surface area (Å²) in [6.07, 6.45) is 6.87. The molecule has 0 bridgehead atoms. The molecule has 2 amide bonds. The molecule has 0 aromatic heterocycles. The summed E-state index contributed by atoms with van der Waals surface area (Å²) >= 11 is 5.94. The maximum atomic E-state index is 12.7. The number of carbonyl (C=O) groups excluding carboxylic acids is 2. The van der Waals surface area contributed by atoms with Crippen LogP contribution in [-0.4, -0.2) is 60.4 Å². The number of amides is 2. The number of anilines is 1. The number of likely N-dealkylation sites (tertiary alicyclic amines) is 1. The van der Waals surface area contributed by atoms with Gasteiger partial charge in [-0.15, -0.1) is 0 Å². The lowest BCUT2D eigenvalue weighted by atomic mass is 10.1. The Kier molecular flexibility index (Phi) is 7.13. The van der Waals surface area contributed by atoms with E-state index in [1.807, 2.05) is 19.1 Å². The van der Waals surface area contributed by atoms with Crippen molar-refractivity contribution in [2.45, 2.75) is 51.5 Å². The second kappa shape index (κ2) is 9.56. The van der Waals surface area contributed by atoms with Crippen LogP contribution in [0.25, 0.3) is 0 Å². The first-order valence-electron chi connectivity index (χ1n) is 10.1. The van der Waals surface area contributed by atoms with E-state index in [1.165, 1.54) is 32.1 Å². The molecule has 0 radical (unpaired) electrons. The second-order valence-electron chi connectivity index (χ2n) is 7.71. The average molecular weight is 392 g/mol. The molecule has 0 spiro atoms. The zero-order chi connectivity index (χ0) is 19.2. The highest BCUT2D eigenvalue weighted by Crippen LogP contribution is 2.22. The van der Waals surface area contributed by atoms with Gasteiger partial charge in [0.1, 0.15) is 6.54 Å². The van der Waals surface area contributed by atoms with E-state index in [9.17, 15) is 9.59 Å². The molecule has 0 aliphatic carbocycles. The summed E-state index contributed by atoms with van der Waals surface area (Å²) in [5.41, 5.74) is 0.837. The van der Waals surface area contributed by atoms with Crippen molar-refractivity contribution < 1.29 is 9.59 Å². The number of hydrogen-bond acceptors (Lipinski definition) is 3. The zero-order valence-electron chi connectivity index (χ0n) is 16.2. The van der Waals surface area contributed by atoms with Crippen LogP contribution in [0.5, 0.6) is 0 Å². The Balaban J connectivity index is 1.53. The second-order valence-corrected chi connectivity index (χ2v) is 8.15. The van der Waals surface area contributed by atoms with Gasteiger partial charge in [0.05, 0.1) is 0 Å². The van der Waals surface area contributed by atoms with Crippen molar-refractivity contribution in [2.24, 2.45) is 0 Å². The van der Waals surface area contributed by atoms with Crippen LogP contribution in [0.4, 0.5) is 5.69 Å². The van der Waals surface area contributed by atoms with Gasteiger partial charge in [-0.1, -0.05) is 30.9 Å². The lowest BCUT2D eigenvalue weighted by molar-refractivity contribution is -0.139. The smallest absolute Gasteiger partial charge is 0.246 e. The fourth-order valence-corrected chi connectivity index (χ4v) is 4.12. The van der Waals surface area contributed by atoms with Gasteiger partial charge in [-0.2, -0.15) is 0 Å². The first kappa shape index (κ1) is 20.2. The Morgan fingerprint density at radius 2 is 1.70 bits per heavy atom. The molecule has 6 heteroatoms. The molecule has 2 aliphatic heterocycles. The summed E-state index contributed by atoms with van der Waals surface area (Å²) in [5.74, 6) is 0.0590. The van der Waals surface area contributed by atoms with Crippen molar-refractivity contribution in [1.29, 1.82) is 0 Å². The number of carbonyl (C=O) groups is 2. The van der Waals surface area contributed by atoms with Crippen LogP contribution in [0.2, 0.25) is 5.02 Å². The molecule has 2 heterocycles. The van der Waals surface area contributed by atoms with Gasteiger partial charge < -0.3 is 14.7 Å². The molecular weight excluding hydrogens is 362 g/mol. The summed E-state index contributed by atoms with van der Waals surface area (Å²) in [6.45, 7) is 5.68. The third-order valence-electron chi connectivity index (χ3n) is 5.63. The van der Waals surface area contributed by atoms with Gasteiger partial charge in [0.25, 0.3) is 0 Å². The van der Waals surface area contributed by atoms with Crippen LogP contribution >= 0.6 is 11.6 Å². The Hall–Kier alpha value is -1.59. The number of rotatable bonds is 4. The Morgan fingerprint density at radius 3 is 2.37 bits per heavy atom.